The van der Waals surface area contributed by atoms with E-state index in [1.54, 1.807) is 0 Å². The molecule has 0 unspecified atom stereocenters. The van der Waals surface area contributed by atoms with E-state index in [1.807, 2.05) is 26.1 Å². The fraction of sp³-hybridized carbons (Fsp3) is 0.650. The molecule has 1 saturated heterocycles. The number of rotatable bonds is 7. The van der Waals surface area contributed by atoms with Gasteiger partial charge in [0.05, 0.1) is 6.61 Å². The van der Waals surface area contributed by atoms with Crippen LogP contribution in [0.5, 0.6) is 5.75 Å². The van der Waals surface area contributed by atoms with Crippen LogP contribution < -0.4 is 10.1 Å². The van der Waals surface area contributed by atoms with Gasteiger partial charge in [0.1, 0.15) is 5.75 Å². The maximum atomic E-state index is 5.50. The zero-order valence-electron chi connectivity index (χ0n) is 16.3. The number of ether oxygens (including phenoxy) is 1. The maximum absolute atomic E-state index is 5.50. The van der Waals surface area contributed by atoms with Gasteiger partial charge < -0.3 is 19.9 Å². The average molecular weight is 347 g/mol. The van der Waals surface area contributed by atoms with E-state index in [1.165, 1.54) is 37.9 Å². The van der Waals surface area contributed by atoms with Gasteiger partial charge in [-0.25, -0.2) is 0 Å². The van der Waals surface area contributed by atoms with Crippen molar-refractivity contribution in [3.63, 3.8) is 0 Å². The van der Waals surface area contributed by atoms with E-state index in [0.29, 0.717) is 6.61 Å². The molecule has 0 saturated carbocycles. The van der Waals surface area contributed by atoms with E-state index in [0.717, 1.165) is 30.7 Å². The summed E-state index contributed by atoms with van der Waals surface area (Å²) in [4.78, 5) is 9.02. The summed E-state index contributed by atoms with van der Waals surface area (Å²) < 4.78 is 5.50. The van der Waals surface area contributed by atoms with Crippen LogP contribution in [-0.4, -0.2) is 63.1 Å². The van der Waals surface area contributed by atoms with Crippen LogP contribution in [0.4, 0.5) is 0 Å². The third-order valence-corrected chi connectivity index (χ3v) is 4.90. The molecule has 1 aromatic carbocycles. The lowest BCUT2D eigenvalue weighted by molar-refractivity contribution is 0.212. The first kappa shape index (κ1) is 19.6. The van der Waals surface area contributed by atoms with Crippen LogP contribution >= 0.6 is 0 Å². The summed E-state index contributed by atoms with van der Waals surface area (Å²) in [5.41, 5.74) is 1.25. The van der Waals surface area contributed by atoms with Gasteiger partial charge in [-0.2, -0.15) is 0 Å². The second kappa shape index (κ2) is 10.3. The number of hydrogen-bond donors (Lipinski definition) is 1. The second-order valence-corrected chi connectivity index (χ2v) is 6.94. The molecule has 1 heterocycles. The highest BCUT2D eigenvalue weighted by Crippen LogP contribution is 2.18. The largest absolute Gasteiger partial charge is 0.494 e. The van der Waals surface area contributed by atoms with Crippen LogP contribution in [0.3, 0.4) is 0 Å². The number of nitrogens with zero attached hydrogens (tertiary/aromatic N) is 3. The van der Waals surface area contributed by atoms with Crippen molar-refractivity contribution in [1.82, 2.24) is 15.1 Å². The Hall–Kier alpha value is -1.75. The molecule has 0 spiro atoms. The Kier molecular flexibility index (Phi) is 8.06. The molecule has 25 heavy (non-hydrogen) atoms. The summed E-state index contributed by atoms with van der Waals surface area (Å²) >= 11 is 0. The molecule has 0 radical (unpaired) electrons. The van der Waals surface area contributed by atoms with Crippen LogP contribution in [-0.2, 0) is 6.54 Å². The van der Waals surface area contributed by atoms with Gasteiger partial charge in [-0.3, -0.25) is 4.99 Å². The Balaban J connectivity index is 1.75. The van der Waals surface area contributed by atoms with Gasteiger partial charge in [0.15, 0.2) is 5.96 Å². The van der Waals surface area contributed by atoms with Crippen molar-refractivity contribution in [2.24, 2.45) is 10.9 Å². The minimum Gasteiger partial charge on any atom is -0.494 e. The first-order chi connectivity index (χ1) is 12.1. The molecular weight excluding hydrogens is 312 g/mol. The lowest BCUT2D eigenvalue weighted by atomic mass is 9.94. The summed E-state index contributed by atoms with van der Waals surface area (Å²) in [6.45, 7) is 7.00. The summed E-state index contributed by atoms with van der Waals surface area (Å²) in [6.07, 6.45) is 3.86. The summed E-state index contributed by atoms with van der Waals surface area (Å²) in [6, 6.07) is 8.30. The topological polar surface area (TPSA) is 40.1 Å². The van der Waals surface area contributed by atoms with Crippen LogP contribution in [0.1, 0.15) is 31.7 Å². The predicted molar refractivity (Wildman–Crippen MR) is 105 cm³/mol. The Morgan fingerprint density at radius 2 is 1.96 bits per heavy atom. The number of aliphatic imine (C=N–C) groups is 1. The number of piperidine rings is 1. The van der Waals surface area contributed by atoms with Crippen molar-refractivity contribution in [2.75, 3.05) is 47.4 Å². The van der Waals surface area contributed by atoms with E-state index < -0.39 is 0 Å². The first-order valence-corrected chi connectivity index (χ1v) is 9.44. The van der Waals surface area contributed by atoms with Gasteiger partial charge in [-0.15, -0.1) is 0 Å². The Labute approximate surface area is 153 Å². The van der Waals surface area contributed by atoms with Crippen molar-refractivity contribution in [1.29, 1.82) is 0 Å². The summed E-state index contributed by atoms with van der Waals surface area (Å²) in [7, 11) is 6.15. The van der Waals surface area contributed by atoms with Crippen LogP contribution in [0.25, 0.3) is 0 Å². The fourth-order valence-electron chi connectivity index (χ4n) is 3.33. The lowest BCUT2D eigenvalue weighted by Gasteiger charge is -2.29. The minimum atomic E-state index is 0.701. The number of nitrogens with one attached hydrogen (secondary N) is 1. The van der Waals surface area contributed by atoms with Gasteiger partial charge in [-0.1, -0.05) is 12.1 Å². The smallest absolute Gasteiger partial charge is 0.193 e. The molecule has 1 fully saturated rings. The Morgan fingerprint density at radius 1 is 1.28 bits per heavy atom. The molecular formula is C20H34N4O. The highest BCUT2D eigenvalue weighted by Gasteiger charge is 2.16. The summed E-state index contributed by atoms with van der Waals surface area (Å²) in [5.74, 6) is 2.73. The van der Waals surface area contributed by atoms with Gasteiger partial charge in [-0.05, 0) is 69.9 Å². The van der Waals surface area contributed by atoms with E-state index >= 15 is 0 Å². The van der Waals surface area contributed by atoms with Gasteiger partial charge in [0.2, 0.25) is 0 Å². The van der Waals surface area contributed by atoms with Crippen molar-refractivity contribution < 1.29 is 4.74 Å². The van der Waals surface area contributed by atoms with Gasteiger partial charge >= 0.3 is 0 Å². The van der Waals surface area contributed by atoms with Crippen LogP contribution in [0.15, 0.2) is 29.3 Å². The molecule has 0 atom stereocenters. The summed E-state index contributed by atoms with van der Waals surface area (Å²) in [5, 5.41) is 3.52. The van der Waals surface area contributed by atoms with E-state index in [4.69, 9.17) is 4.74 Å². The van der Waals surface area contributed by atoms with E-state index in [2.05, 4.69) is 46.3 Å². The second-order valence-electron chi connectivity index (χ2n) is 6.94. The predicted octanol–water partition coefficient (Wildman–Crippen LogP) is 2.82. The fourth-order valence-corrected chi connectivity index (χ4v) is 3.33. The molecule has 1 aromatic rings. The molecule has 0 bridgehead atoms. The normalized spacial score (nSPS) is 16.7. The van der Waals surface area contributed by atoms with Crippen LogP contribution in [0.2, 0.25) is 0 Å². The van der Waals surface area contributed by atoms with Gasteiger partial charge in [0, 0.05) is 27.2 Å². The first-order valence-electron chi connectivity index (χ1n) is 9.44. The van der Waals surface area contributed by atoms with E-state index in [-0.39, 0.29) is 0 Å². The third kappa shape index (κ3) is 6.58. The van der Waals surface area contributed by atoms with Crippen LogP contribution in [0, 0.1) is 5.92 Å². The molecule has 1 aliphatic rings. The molecule has 140 valence electrons. The average Bonchev–Trinajstić information content (AvgIpc) is 2.62. The monoisotopic (exact) mass is 346 g/mol. The number of hydrogen-bond acceptors (Lipinski definition) is 3. The Bertz CT molecular complexity index is 521. The quantitative estimate of drug-likeness (QED) is 0.609. The standard InChI is InChI=1S/C20H34N4O/c1-5-25-19-8-6-18(7-9-19)16-24(4)20(21-2)22-13-10-17-11-14-23(3)15-12-17/h6-9,17H,5,10-16H2,1-4H3,(H,21,22). The Morgan fingerprint density at radius 3 is 2.56 bits per heavy atom. The molecule has 1 N–H and O–H groups in total. The lowest BCUT2D eigenvalue weighted by Crippen LogP contribution is -2.40. The van der Waals surface area contributed by atoms with Gasteiger partial charge in [0.25, 0.3) is 0 Å². The SMILES string of the molecule is CCOc1ccc(CN(C)C(=NC)NCCC2CCN(C)CC2)cc1. The van der Waals surface area contributed by atoms with Crippen molar-refractivity contribution >= 4 is 5.96 Å². The highest BCUT2D eigenvalue weighted by atomic mass is 16.5. The maximum Gasteiger partial charge on any atom is 0.193 e. The van der Waals surface area contributed by atoms with Crippen molar-refractivity contribution in [3.05, 3.63) is 29.8 Å². The molecule has 5 heteroatoms. The zero-order valence-corrected chi connectivity index (χ0v) is 16.3. The molecule has 0 aliphatic carbocycles. The molecule has 2 rings (SSSR count). The van der Waals surface area contributed by atoms with E-state index in [9.17, 15) is 0 Å². The molecule has 1 aliphatic heterocycles. The number of benzene rings is 1. The molecule has 5 nitrogen and oxygen atoms in total. The molecule has 0 amide bonds. The highest BCUT2D eigenvalue weighted by molar-refractivity contribution is 5.79. The third-order valence-electron chi connectivity index (χ3n) is 4.90. The molecule has 0 aromatic heterocycles. The number of guanidine groups is 1. The van der Waals surface area contributed by atoms with Crippen molar-refractivity contribution in [2.45, 2.75) is 32.7 Å². The van der Waals surface area contributed by atoms with Crippen molar-refractivity contribution in [3.8, 4) is 5.75 Å². The minimum absolute atomic E-state index is 0.701. The number of likely N-dealkylation sites (tertiary alicyclic amines) is 1. The zero-order chi connectivity index (χ0) is 18.1.